The number of benzene rings is 2. The zero-order valence-electron chi connectivity index (χ0n) is 15.2. The van der Waals surface area contributed by atoms with Crippen LogP contribution >= 0.6 is 46.6 Å². The fourth-order valence-electron chi connectivity index (χ4n) is 2.54. The van der Waals surface area contributed by atoms with E-state index in [0.717, 1.165) is 27.9 Å². The quantitative estimate of drug-likeness (QED) is 0.284. The van der Waals surface area contributed by atoms with Gasteiger partial charge in [0.1, 0.15) is 12.4 Å². The summed E-state index contributed by atoms with van der Waals surface area (Å²) in [7, 11) is 0. The highest BCUT2D eigenvalue weighted by atomic mass is 35.5. The van der Waals surface area contributed by atoms with Crippen molar-refractivity contribution in [2.24, 2.45) is 0 Å². The Kier molecular flexibility index (Phi) is 7.30. The van der Waals surface area contributed by atoms with Crippen molar-refractivity contribution < 1.29 is 4.74 Å². The lowest BCUT2D eigenvalue weighted by atomic mass is 10.2. The number of hydrogen-bond donors (Lipinski definition) is 0. The molecule has 0 saturated heterocycles. The third-order valence-electron chi connectivity index (χ3n) is 3.97. The van der Waals surface area contributed by atoms with Crippen LogP contribution < -0.4 is 4.74 Å². The number of rotatable bonds is 8. The maximum Gasteiger partial charge on any atom is 0.191 e. The van der Waals surface area contributed by atoms with Gasteiger partial charge in [0.05, 0.1) is 0 Å². The summed E-state index contributed by atoms with van der Waals surface area (Å²) in [5, 5.41) is 11.3. The zero-order chi connectivity index (χ0) is 20.1. The van der Waals surface area contributed by atoms with E-state index in [2.05, 4.69) is 16.8 Å². The zero-order valence-corrected chi connectivity index (χ0v) is 18.2. The van der Waals surface area contributed by atoms with Crippen LogP contribution in [0.15, 0.2) is 54.2 Å². The normalized spacial score (nSPS) is 10.9. The number of ether oxygens (including phenoxy) is 1. The molecule has 0 spiro atoms. The second-order valence-electron chi connectivity index (χ2n) is 6.02. The summed E-state index contributed by atoms with van der Waals surface area (Å²) in [6.45, 7) is 6.66. The average molecular weight is 455 g/mol. The minimum absolute atomic E-state index is 0.297. The smallest absolute Gasteiger partial charge is 0.191 e. The van der Waals surface area contributed by atoms with Gasteiger partial charge in [0.25, 0.3) is 0 Å². The third-order valence-corrected chi connectivity index (χ3v) is 5.81. The molecule has 146 valence electrons. The second kappa shape index (κ2) is 9.70. The van der Waals surface area contributed by atoms with Crippen molar-refractivity contribution in [2.75, 3.05) is 0 Å². The van der Waals surface area contributed by atoms with Gasteiger partial charge in [-0.3, -0.25) is 4.57 Å². The molecule has 0 aliphatic heterocycles. The van der Waals surface area contributed by atoms with Crippen molar-refractivity contribution in [3.63, 3.8) is 0 Å². The third kappa shape index (κ3) is 5.23. The Morgan fingerprint density at radius 3 is 2.57 bits per heavy atom. The van der Waals surface area contributed by atoms with Gasteiger partial charge in [0, 0.05) is 27.4 Å². The summed E-state index contributed by atoms with van der Waals surface area (Å²) in [6, 6.07) is 11.0. The fraction of sp³-hybridized carbons (Fsp3) is 0.200. The molecule has 0 N–H and O–H groups in total. The van der Waals surface area contributed by atoms with Gasteiger partial charge in [0.2, 0.25) is 0 Å². The molecule has 2 aromatic carbocycles. The average Bonchev–Trinajstić information content (AvgIpc) is 3.02. The first-order chi connectivity index (χ1) is 13.5. The first-order valence-electron chi connectivity index (χ1n) is 8.46. The largest absolute Gasteiger partial charge is 0.485 e. The molecule has 0 fully saturated rings. The van der Waals surface area contributed by atoms with Gasteiger partial charge < -0.3 is 4.74 Å². The Hall–Kier alpha value is -1.66. The molecule has 0 aliphatic rings. The van der Waals surface area contributed by atoms with Crippen LogP contribution in [0.3, 0.4) is 0 Å². The first kappa shape index (κ1) is 21.1. The SMILES string of the molecule is C=CCn1c(COc2ccc(Cl)cc2C)nnc1SCc1ccc(Cl)cc1Cl. The molecule has 1 heterocycles. The minimum atomic E-state index is 0.297. The minimum Gasteiger partial charge on any atom is -0.485 e. The molecule has 0 aliphatic carbocycles. The lowest BCUT2D eigenvalue weighted by Crippen LogP contribution is -2.08. The summed E-state index contributed by atoms with van der Waals surface area (Å²) in [5.74, 6) is 2.14. The number of aromatic nitrogens is 3. The number of hydrogen-bond acceptors (Lipinski definition) is 4. The molecule has 3 rings (SSSR count). The molecule has 0 radical (unpaired) electrons. The van der Waals surface area contributed by atoms with Crippen molar-refractivity contribution in [1.82, 2.24) is 14.8 Å². The van der Waals surface area contributed by atoms with Gasteiger partial charge in [-0.15, -0.1) is 16.8 Å². The van der Waals surface area contributed by atoms with E-state index in [-0.39, 0.29) is 0 Å². The lowest BCUT2D eigenvalue weighted by Gasteiger charge is -2.11. The maximum atomic E-state index is 6.26. The van der Waals surface area contributed by atoms with Crippen LogP contribution in [0.1, 0.15) is 17.0 Å². The number of aryl methyl sites for hydroxylation is 1. The van der Waals surface area contributed by atoms with Crippen LogP contribution in [0.25, 0.3) is 0 Å². The summed E-state index contributed by atoms with van der Waals surface area (Å²) in [6.07, 6.45) is 1.81. The molecule has 8 heteroatoms. The molecule has 0 unspecified atom stereocenters. The Morgan fingerprint density at radius 2 is 1.86 bits per heavy atom. The Bertz CT molecular complexity index is 918. The van der Waals surface area contributed by atoms with E-state index in [4.69, 9.17) is 39.5 Å². The van der Waals surface area contributed by atoms with Crippen molar-refractivity contribution in [3.05, 3.63) is 81.1 Å². The van der Waals surface area contributed by atoms with Crippen molar-refractivity contribution in [3.8, 4) is 5.75 Å². The topological polar surface area (TPSA) is 39.9 Å². The van der Waals surface area contributed by atoms with E-state index in [1.54, 1.807) is 30.0 Å². The van der Waals surface area contributed by atoms with E-state index in [0.29, 0.717) is 34.0 Å². The Labute approximate surface area is 183 Å². The summed E-state index contributed by atoms with van der Waals surface area (Å²) in [4.78, 5) is 0. The predicted molar refractivity (Wildman–Crippen MR) is 117 cm³/mol. The van der Waals surface area contributed by atoms with Crippen molar-refractivity contribution in [2.45, 2.75) is 31.0 Å². The highest BCUT2D eigenvalue weighted by Crippen LogP contribution is 2.29. The van der Waals surface area contributed by atoms with Gasteiger partial charge >= 0.3 is 0 Å². The number of nitrogens with zero attached hydrogens (tertiary/aromatic N) is 3. The maximum absolute atomic E-state index is 6.26. The van der Waals surface area contributed by atoms with Crippen LogP contribution in [0, 0.1) is 6.92 Å². The molecule has 0 bridgehead atoms. The van der Waals surface area contributed by atoms with Crippen molar-refractivity contribution in [1.29, 1.82) is 0 Å². The molecule has 0 atom stereocenters. The van der Waals surface area contributed by atoms with Gasteiger partial charge in [-0.2, -0.15) is 0 Å². The van der Waals surface area contributed by atoms with Gasteiger partial charge in [-0.1, -0.05) is 58.7 Å². The van der Waals surface area contributed by atoms with E-state index < -0.39 is 0 Å². The molecule has 4 nitrogen and oxygen atoms in total. The second-order valence-corrected chi connectivity index (χ2v) is 8.24. The van der Waals surface area contributed by atoms with Crippen LogP contribution in [-0.2, 0) is 18.9 Å². The number of thioether (sulfide) groups is 1. The van der Waals surface area contributed by atoms with Gasteiger partial charge in [-0.25, -0.2) is 0 Å². The van der Waals surface area contributed by atoms with Crippen molar-refractivity contribution >= 4 is 46.6 Å². The highest BCUT2D eigenvalue weighted by molar-refractivity contribution is 7.98. The summed E-state index contributed by atoms with van der Waals surface area (Å²) < 4.78 is 7.89. The lowest BCUT2D eigenvalue weighted by molar-refractivity contribution is 0.287. The molecule has 0 saturated carbocycles. The first-order valence-corrected chi connectivity index (χ1v) is 10.6. The Balaban J connectivity index is 1.72. The standard InChI is InChI=1S/C20H18Cl3N3OS/c1-3-8-26-19(11-27-18-7-6-15(21)9-13(18)2)24-25-20(26)28-12-14-4-5-16(22)10-17(14)23/h3-7,9-10H,1,8,11-12H2,2H3. The van der Waals surface area contributed by atoms with Gasteiger partial charge in [0.15, 0.2) is 11.0 Å². The molecular formula is C20H18Cl3N3OS. The van der Waals surface area contributed by atoms with E-state index >= 15 is 0 Å². The molecule has 1 aromatic heterocycles. The van der Waals surface area contributed by atoms with Crippen LogP contribution in [0.5, 0.6) is 5.75 Å². The van der Waals surface area contributed by atoms with Crippen LogP contribution in [0.2, 0.25) is 15.1 Å². The number of halogens is 3. The fourth-order valence-corrected chi connectivity index (χ4v) is 4.29. The monoisotopic (exact) mass is 453 g/mol. The van der Waals surface area contributed by atoms with E-state index in [9.17, 15) is 0 Å². The Morgan fingerprint density at radius 1 is 1.11 bits per heavy atom. The molecule has 3 aromatic rings. The van der Waals surface area contributed by atoms with Gasteiger partial charge in [-0.05, 0) is 48.4 Å². The molecule has 0 amide bonds. The predicted octanol–water partition coefficient (Wildman–Crippen LogP) is 6.60. The van der Waals surface area contributed by atoms with Crippen LogP contribution in [-0.4, -0.2) is 14.8 Å². The summed E-state index contributed by atoms with van der Waals surface area (Å²) in [5.41, 5.74) is 1.95. The summed E-state index contributed by atoms with van der Waals surface area (Å²) >= 11 is 19.8. The molecule has 28 heavy (non-hydrogen) atoms. The van der Waals surface area contributed by atoms with E-state index in [1.807, 2.05) is 35.8 Å². The van der Waals surface area contributed by atoms with E-state index in [1.165, 1.54) is 0 Å². The number of allylic oxidation sites excluding steroid dienone is 1. The molecular weight excluding hydrogens is 437 g/mol. The van der Waals surface area contributed by atoms with Crippen LogP contribution in [0.4, 0.5) is 0 Å². The highest BCUT2D eigenvalue weighted by Gasteiger charge is 2.14.